The second-order valence-electron chi connectivity index (χ2n) is 6.64. The normalized spacial score (nSPS) is 52.1. The molecule has 0 amide bonds. The molecule has 0 aromatic carbocycles. The fourth-order valence-corrected chi connectivity index (χ4v) is 4.21. The Bertz CT molecular complexity index is 276. The van der Waals surface area contributed by atoms with Crippen LogP contribution in [-0.2, 0) is 0 Å². The van der Waals surface area contributed by atoms with E-state index in [9.17, 15) is 15.3 Å². The molecule has 2 aliphatic carbocycles. The molecule has 5 atom stereocenters. The van der Waals surface area contributed by atoms with Gasteiger partial charge in [-0.3, -0.25) is 0 Å². The van der Waals surface area contributed by atoms with Crippen LogP contribution in [-0.4, -0.2) is 33.6 Å². The minimum absolute atomic E-state index is 0.00516. The molecule has 0 heterocycles. The van der Waals surface area contributed by atoms with Crippen molar-refractivity contribution in [1.82, 2.24) is 0 Å². The number of aliphatic hydroxyl groups excluding tert-OH is 3. The van der Waals surface area contributed by atoms with E-state index >= 15 is 0 Å². The molecule has 3 heteroatoms. The van der Waals surface area contributed by atoms with Crippen molar-refractivity contribution in [2.24, 2.45) is 16.7 Å². The predicted molar refractivity (Wildman–Crippen MR) is 61.9 cm³/mol. The van der Waals surface area contributed by atoms with Crippen LogP contribution in [0.25, 0.3) is 0 Å². The van der Waals surface area contributed by atoms with Crippen LogP contribution in [0.15, 0.2) is 0 Å². The highest BCUT2D eigenvalue weighted by molar-refractivity contribution is 5.07. The monoisotopic (exact) mass is 228 g/mol. The van der Waals surface area contributed by atoms with E-state index in [0.29, 0.717) is 6.42 Å². The molecule has 2 aliphatic rings. The van der Waals surface area contributed by atoms with Gasteiger partial charge >= 0.3 is 0 Å². The molecule has 0 aromatic rings. The fourth-order valence-electron chi connectivity index (χ4n) is 4.21. The summed E-state index contributed by atoms with van der Waals surface area (Å²) in [5.41, 5.74) is -0.241. The molecule has 3 nitrogen and oxygen atoms in total. The molecule has 0 aliphatic heterocycles. The maximum Gasteiger partial charge on any atom is 0.0839 e. The van der Waals surface area contributed by atoms with Gasteiger partial charge in [0.2, 0.25) is 0 Å². The molecule has 0 unspecified atom stereocenters. The average molecular weight is 228 g/mol. The third kappa shape index (κ3) is 1.60. The van der Waals surface area contributed by atoms with Crippen molar-refractivity contribution in [2.45, 2.75) is 64.8 Å². The van der Waals surface area contributed by atoms with Gasteiger partial charge in [-0.15, -0.1) is 0 Å². The quantitative estimate of drug-likeness (QED) is 0.586. The van der Waals surface area contributed by atoms with Crippen LogP contribution >= 0.6 is 0 Å². The van der Waals surface area contributed by atoms with Gasteiger partial charge in [-0.1, -0.05) is 27.2 Å². The standard InChI is InChI=1S/C13H24O3/c1-12(2)5-4-6-13(3)9(15)7-8(14)10(16)11(12)13/h8-11,14-16H,4-7H2,1-3H3/t8-,9-,10-,11-,13+/m1/s1. The summed E-state index contributed by atoms with van der Waals surface area (Å²) in [5.74, 6) is -0.00694. The second-order valence-corrected chi connectivity index (χ2v) is 6.64. The third-order valence-corrected chi connectivity index (χ3v) is 5.05. The molecule has 2 saturated carbocycles. The Morgan fingerprint density at radius 3 is 2.25 bits per heavy atom. The van der Waals surface area contributed by atoms with Crippen molar-refractivity contribution in [3.63, 3.8) is 0 Å². The minimum atomic E-state index is -0.773. The highest BCUT2D eigenvalue weighted by Gasteiger charge is 2.57. The first-order valence-corrected chi connectivity index (χ1v) is 6.33. The van der Waals surface area contributed by atoms with Crippen LogP contribution in [0, 0.1) is 16.7 Å². The van der Waals surface area contributed by atoms with Crippen LogP contribution in [0.1, 0.15) is 46.5 Å². The molecule has 3 N–H and O–H groups in total. The maximum absolute atomic E-state index is 10.2. The first-order chi connectivity index (χ1) is 7.29. The molecule has 2 rings (SSSR count). The van der Waals surface area contributed by atoms with Gasteiger partial charge in [0.1, 0.15) is 0 Å². The van der Waals surface area contributed by atoms with Crippen LogP contribution in [0.2, 0.25) is 0 Å². The zero-order valence-electron chi connectivity index (χ0n) is 10.5. The van der Waals surface area contributed by atoms with Crippen LogP contribution in [0.3, 0.4) is 0 Å². The van der Waals surface area contributed by atoms with Crippen LogP contribution in [0.4, 0.5) is 0 Å². The number of hydrogen-bond donors (Lipinski definition) is 3. The Morgan fingerprint density at radius 2 is 1.62 bits per heavy atom. The summed E-state index contributed by atoms with van der Waals surface area (Å²) < 4.78 is 0. The Morgan fingerprint density at radius 1 is 1.00 bits per heavy atom. The number of fused-ring (bicyclic) bond motifs is 1. The summed E-state index contributed by atoms with van der Waals surface area (Å²) in [4.78, 5) is 0. The zero-order valence-corrected chi connectivity index (χ0v) is 10.5. The number of hydrogen-bond acceptors (Lipinski definition) is 3. The van der Waals surface area contributed by atoms with E-state index in [4.69, 9.17) is 0 Å². The van der Waals surface area contributed by atoms with E-state index in [2.05, 4.69) is 20.8 Å². The van der Waals surface area contributed by atoms with Gasteiger partial charge in [0.15, 0.2) is 0 Å². The lowest BCUT2D eigenvalue weighted by atomic mass is 9.49. The molecule has 16 heavy (non-hydrogen) atoms. The van der Waals surface area contributed by atoms with E-state index in [1.807, 2.05) is 0 Å². The van der Waals surface area contributed by atoms with E-state index in [-0.39, 0.29) is 16.7 Å². The molecule has 0 saturated heterocycles. The minimum Gasteiger partial charge on any atom is -0.392 e. The maximum atomic E-state index is 10.2. The van der Waals surface area contributed by atoms with Crippen LogP contribution < -0.4 is 0 Å². The molecule has 0 bridgehead atoms. The Labute approximate surface area is 97.5 Å². The lowest BCUT2D eigenvalue weighted by Crippen LogP contribution is -2.61. The average Bonchev–Trinajstić information content (AvgIpc) is 2.13. The van der Waals surface area contributed by atoms with Gasteiger partial charge in [-0.2, -0.15) is 0 Å². The second kappa shape index (κ2) is 3.69. The summed E-state index contributed by atoms with van der Waals surface area (Å²) >= 11 is 0. The number of rotatable bonds is 0. The Kier molecular flexibility index (Phi) is 2.84. The molecule has 2 fully saturated rings. The van der Waals surface area contributed by atoms with Crippen molar-refractivity contribution < 1.29 is 15.3 Å². The third-order valence-electron chi connectivity index (χ3n) is 5.05. The van der Waals surface area contributed by atoms with Gasteiger partial charge in [-0.25, -0.2) is 0 Å². The lowest BCUT2D eigenvalue weighted by Gasteiger charge is -2.58. The van der Waals surface area contributed by atoms with Crippen LogP contribution in [0.5, 0.6) is 0 Å². The lowest BCUT2D eigenvalue weighted by molar-refractivity contribution is -0.204. The Balaban J connectivity index is 2.38. The highest BCUT2D eigenvalue weighted by atomic mass is 16.3. The van der Waals surface area contributed by atoms with Gasteiger partial charge in [0, 0.05) is 12.3 Å². The van der Waals surface area contributed by atoms with E-state index in [1.54, 1.807) is 0 Å². The molecule has 0 radical (unpaired) electrons. The van der Waals surface area contributed by atoms with Crippen molar-refractivity contribution in [2.75, 3.05) is 0 Å². The van der Waals surface area contributed by atoms with E-state index < -0.39 is 18.3 Å². The summed E-state index contributed by atoms with van der Waals surface area (Å²) in [6, 6.07) is 0. The number of aliphatic hydroxyl groups is 3. The van der Waals surface area contributed by atoms with Gasteiger partial charge in [-0.05, 0) is 23.7 Å². The molecule has 94 valence electrons. The molecular formula is C13H24O3. The molecule has 0 spiro atoms. The predicted octanol–water partition coefficient (Wildman–Crippen LogP) is 1.31. The van der Waals surface area contributed by atoms with Crippen molar-refractivity contribution in [3.8, 4) is 0 Å². The largest absolute Gasteiger partial charge is 0.392 e. The van der Waals surface area contributed by atoms with Gasteiger partial charge in [0.25, 0.3) is 0 Å². The molecular weight excluding hydrogens is 204 g/mol. The van der Waals surface area contributed by atoms with Crippen molar-refractivity contribution in [1.29, 1.82) is 0 Å². The molecule has 0 aromatic heterocycles. The SMILES string of the molecule is CC1(C)CCC[C@@]2(C)[C@H](O)C[C@@H](O)[C@@H](O)[C@H]12. The van der Waals surface area contributed by atoms with Gasteiger partial charge < -0.3 is 15.3 Å². The fraction of sp³-hybridized carbons (Fsp3) is 1.00. The topological polar surface area (TPSA) is 60.7 Å². The van der Waals surface area contributed by atoms with Gasteiger partial charge in [0.05, 0.1) is 18.3 Å². The van der Waals surface area contributed by atoms with Crippen molar-refractivity contribution >= 4 is 0 Å². The summed E-state index contributed by atoms with van der Waals surface area (Å²) in [6.45, 7) is 6.35. The van der Waals surface area contributed by atoms with E-state index in [0.717, 1.165) is 19.3 Å². The Hall–Kier alpha value is -0.120. The first-order valence-electron chi connectivity index (χ1n) is 6.33. The summed E-state index contributed by atoms with van der Waals surface area (Å²) in [6.07, 6.45) is 1.46. The van der Waals surface area contributed by atoms with Crippen molar-refractivity contribution in [3.05, 3.63) is 0 Å². The van der Waals surface area contributed by atoms with E-state index in [1.165, 1.54) is 0 Å². The smallest absolute Gasteiger partial charge is 0.0839 e. The first kappa shape index (κ1) is 12.3. The summed E-state index contributed by atoms with van der Waals surface area (Å²) in [7, 11) is 0. The zero-order chi connectivity index (χ0) is 12.1. The summed E-state index contributed by atoms with van der Waals surface area (Å²) in [5, 5.41) is 30.3. The highest BCUT2D eigenvalue weighted by Crippen LogP contribution is 2.57.